The van der Waals surface area contributed by atoms with Gasteiger partial charge in [-0.3, -0.25) is 18.8 Å². The number of aryl methyl sites for hydroxylation is 1. The molecule has 198 valence electrons. The monoisotopic (exact) mass is 531 g/mol. The molecule has 6 aromatic rings. The van der Waals surface area contributed by atoms with Crippen molar-refractivity contribution in [3.63, 3.8) is 0 Å². The van der Waals surface area contributed by atoms with Gasteiger partial charge in [0.1, 0.15) is 11.4 Å². The molecule has 3 N–H and O–H groups in total. The van der Waals surface area contributed by atoms with E-state index < -0.39 is 11.9 Å². The van der Waals surface area contributed by atoms with E-state index in [2.05, 4.69) is 20.5 Å². The van der Waals surface area contributed by atoms with Crippen molar-refractivity contribution in [2.75, 3.05) is 5.73 Å². The molecule has 4 aromatic heterocycles. The minimum atomic E-state index is -0.671. The van der Waals surface area contributed by atoms with Crippen LogP contribution < -0.4 is 16.6 Å². The van der Waals surface area contributed by atoms with Crippen LogP contribution in [0.2, 0.25) is 0 Å². The van der Waals surface area contributed by atoms with Gasteiger partial charge in [-0.2, -0.15) is 5.10 Å². The zero-order valence-corrected chi connectivity index (χ0v) is 21.8. The van der Waals surface area contributed by atoms with Crippen molar-refractivity contribution in [3.8, 4) is 5.69 Å². The number of nitrogens with zero attached hydrogens (tertiary/aromatic N) is 7. The molecule has 6 rings (SSSR count). The second kappa shape index (κ2) is 9.95. The average Bonchev–Trinajstić information content (AvgIpc) is 3.53. The first-order valence-corrected chi connectivity index (χ1v) is 12.6. The van der Waals surface area contributed by atoms with Gasteiger partial charge in [-0.05, 0) is 48.9 Å². The van der Waals surface area contributed by atoms with Crippen molar-refractivity contribution in [3.05, 3.63) is 112 Å². The minimum Gasteiger partial charge on any atom is -0.381 e. The molecule has 2 aromatic carbocycles. The molecule has 11 heteroatoms. The summed E-state index contributed by atoms with van der Waals surface area (Å²) in [6.45, 7) is 1.77. The van der Waals surface area contributed by atoms with E-state index in [4.69, 9.17) is 10.7 Å². The predicted octanol–water partition coefficient (Wildman–Crippen LogP) is 3.41. The highest BCUT2D eigenvalue weighted by Gasteiger charge is 2.24. The molecule has 0 saturated carbocycles. The van der Waals surface area contributed by atoms with Crippen molar-refractivity contribution in [1.29, 1.82) is 0 Å². The topological polar surface area (TPSA) is 138 Å². The SMILES string of the molecule is CC(NC(=O)c1c(N)nn2cccnc12)c1nc2cccc(/C=C/c3ccn(C)n3)c2c(=O)n1-c1ccccc1. The Labute approximate surface area is 228 Å². The fourth-order valence-electron chi connectivity index (χ4n) is 4.68. The zero-order valence-electron chi connectivity index (χ0n) is 21.8. The van der Waals surface area contributed by atoms with Gasteiger partial charge in [-0.15, -0.1) is 5.10 Å². The number of aromatic nitrogens is 7. The number of amides is 1. The fraction of sp³-hybridized carbons (Fsp3) is 0.103. The van der Waals surface area contributed by atoms with Crippen molar-refractivity contribution >= 4 is 40.4 Å². The van der Waals surface area contributed by atoms with Crippen LogP contribution >= 0.6 is 0 Å². The highest BCUT2D eigenvalue weighted by Crippen LogP contribution is 2.23. The number of anilines is 1. The molecule has 4 heterocycles. The Kier molecular flexibility index (Phi) is 6.15. The summed E-state index contributed by atoms with van der Waals surface area (Å²) < 4.78 is 4.69. The summed E-state index contributed by atoms with van der Waals surface area (Å²) >= 11 is 0. The lowest BCUT2D eigenvalue weighted by Gasteiger charge is -2.20. The minimum absolute atomic E-state index is 0.0552. The van der Waals surface area contributed by atoms with Crippen LogP contribution in [0.15, 0.2) is 84.0 Å². The number of carbonyl (C=O) groups excluding carboxylic acids is 1. The van der Waals surface area contributed by atoms with E-state index in [0.29, 0.717) is 33.6 Å². The molecule has 1 atom stereocenters. The van der Waals surface area contributed by atoms with Gasteiger partial charge >= 0.3 is 0 Å². The van der Waals surface area contributed by atoms with Crippen LogP contribution in [0.1, 0.15) is 40.4 Å². The van der Waals surface area contributed by atoms with Gasteiger partial charge in [-0.25, -0.2) is 14.5 Å². The molecule has 0 spiro atoms. The maximum absolute atomic E-state index is 14.1. The van der Waals surface area contributed by atoms with Crippen LogP contribution in [0.3, 0.4) is 0 Å². The summed E-state index contributed by atoms with van der Waals surface area (Å²) in [5.74, 6) is -0.0507. The molecule has 40 heavy (non-hydrogen) atoms. The molecule has 0 aliphatic rings. The molecule has 0 aliphatic carbocycles. The largest absolute Gasteiger partial charge is 0.381 e. The second-order valence-electron chi connectivity index (χ2n) is 9.28. The Morgan fingerprint density at radius 2 is 1.82 bits per heavy atom. The smallest absolute Gasteiger partial charge is 0.266 e. The van der Waals surface area contributed by atoms with Gasteiger partial charge in [0.05, 0.1) is 28.3 Å². The standard InChI is InChI=1S/C29H25N9O2/c1-18(32-28(39)24-25(30)35-37-16-7-15-31-27(24)37)26-33-22-11-6-8-19(12-13-20-14-17-36(2)34-20)23(22)29(40)38(26)21-9-4-3-5-10-21/h3-18H,1-2H3,(H2,30,35)(H,32,39)/b13-12+. The molecular formula is C29H25N9O2. The van der Waals surface area contributed by atoms with Gasteiger partial charge in [0.15, 0.2) is 11.5 Å². The van der Waals surface area contributed by atoms with Crippen LogP contribution in [0.25, 0.3) is 34.4 Å². The maximum atomic E-state index is 14.1. The van der Waals surface area contributed by atoms with Crippen molar-refractivity contribution in [2.45, 2.75) is 13.0 Å². The van der Waals surface area contributed by atoms with Crippen LogP contribution in [-0.2, 0) is 7.05 Å². The zero-order chi connectivity index (χ0) is 27.8. The molecule has 0 fully saturated rings. The van der Waals surface area contributed by atoms with Crippen molar-refractivity contribution in [2.24, 2.45) is 7.05 Å². The molecule has 11 nitrogen and oxygen atoms in total. The number of nitrogen functional groups attached to an aromatic ring is 1. The van der Waals surface area contributed by atoms with Crippen LogP contribution in [0, 0.1) is 0 Å². The first-order chi connectivity index (χ1) is 19.4. The second-order valence-corrected chi connectivity index (χ2v) is 9.28. The number of rotatable bonds is 6. The maximum Gasteiger partial charge on any atom is 0.266 e. The number of benzene rings is 2. The molecule has 0 saturated heterocycles. The normalized spacial score (nSPS) is 12.3. The number of fused-ring (bicyclic) bond motifs is 2. The number of hydrogen-bond donors (Lipinski definition) is 2. The highest BCUT2D eigenvalue weighted by atomic mass is 16.2. The lowest BCUT2D eigenvalue weighted by molar-refractivity contribution is 0.0940. The van der Waals surface area contributed by atoms with Crippen molar-refractivity contribution < 1.29 is 4.79 Å². The quantitative estimate of drug-likeness (QED) is 0.336. The number of para-hydroxylation sites is 1. The van der Waals surface area contributed by atoms with E-state index in [9.17, 15) is 9.59 Å². The lowest BCUT2D eigenvalue weighted by atomic mass is 10.1. The van der Waals surface area contributed by atoms with E-state index in [0.717, 1.165) is 5.69 Å². The summed E-state index contributed by atoms with van der Waals surface area (Å²) in [6.07, 6.45) is 8.79. The third-order valence-corrected chi connectivity index (χ3v) is 6.52. The number of nitrogens with two attached hydrogens (primary N) is 1. The highest BCUT2D eigenvalue weighted by molar-refractivity contribution is 6.04. The van der Waals surface area contributed by atoms with Crippen LogP contribution in [0.4, 0.5) is 5.82 Å². The molecular weight excluding hydrogens is 506 g/mol. The Morgan fingerprint density at radius 3 is 2.60 bits per heavy atom. The lowest BCUT2D eigenvalue weighted by Crippen LogP contribution is -2.33. The van der Waals surface area contributed by atoms with Crippen LogP contribution in [0.5, 0.6) is 0 Å². The van der Waals surface area contributed by atoms with Gasteiger partial charge in [-0.1, -0.05) is 36.4 Å². The Morgan fingerprint density at radius 1 is 1.00 bits per heavy atom. The number of nitrogens with one attached hydrogen (secondary N) is 1. The summed E-state index contributed by atoms with van der Waals surface area (Å²) in [4.78, 5) is 36.7. The van der Waals surface area contributed by atoms with Crippen molar-refractivity contribution in [1.82, 2.24) is 39.2 Å². The summed E-state index contributed by atoms with van der Waals surface area (Å²) in [7, 11) is 1.85. The molecule has 1 amide bonds. The van der Waals surface area contributed by atoms with Gasteiger partial charge in [0, 0.05) is 25.6 Å². The number of hydrogen-bond acceptors (Lipinski definition) is 7. The summed E-state index contributed by atoms with van der Waals surface area (Å²) in [5, 5.41) is 11.9. The molecule has 0 aliphatic heterocycles. The first-order valence-electron chi connectivity index (χ1n) is 12.6. The Hall–Kier alpha value is -5.58. The van der Waals surface area contributed by atoms with E-state index >= 15 is 0 Å². The number of carbonyl (C=O) groups is 1. The Balaban J connectivity index is 1.46. The van der Waals surface area contributed by atoms with Gasteiger partial charge in [0.2, 0.25) is 0 Å². The fourth-order valence-corrected chi connectivity index (χ4v) is 4.68. The van der Waals surface area contributed by atoms with Crippen LogP contribution in [-0.4, -0.2) is 39.8 Å². The molecule has 1 unspecified atom stereocenters. The summed E-state index contributed by atoms with van der Waals surface area (Å²) in [6, 6.07) is 17.6. The predicted molar refractivity (Wildman–Crippen MR) is 153 cm³/mol. The third-order valence-electron chi connectivity index (χ3n) is 6.52. The van der Waals surface area contributed by atoms with Gasteiger partial charge in [0.25, 0.3) is 11.5 Å². The van der Waals surface area contributed by atoms with E-state index in [1.165, 1.54) is 9.08 Å². The molecule has 0 radical (unpaired) electrons. The molecule has 0 bridgehead atoms. The van der Waals surface area contributed by atoms with Gasteiger partial charge < -0.3 is 11.1 Å². The third kappa shape index (κ3) is 4.39. The average molecular weight is 532 g/mol. The van der Waals surface area contributed by atoms with E-state index in [-0.39, 0.29) is 16.9 Å². The van der Waals surface area contributed by atoms with E-state index in [1.54, 1.807) is 36.1 Å². The summed E-state index contributed by atoms with van der Waals surface area (Å²) in [5.41, 5.74) is 8.90. The first kappa shape index (κ1) is 24.7. The van der Waals surface area contributed by atoms with E-state index in [1.807, 2.05) is 73.9 Å². The Bertz CT molecular complexity index is 1970.